The van der Waals surface area contributed by atoms with Crippen LogP contribution in [0.15, 0.2) is 17.5 Å². The minimum Gasteiger partial charge on any atom is -0.383 e. The molecule has 1 N–H and O–H groups in total. The summed E-state index contributed by atoms with van der Waals surface area (Å²) in [6, 6.07) is 5.85. The minimum atomic E-state index is -1.07. The van der Waals surface area contributed by atoms with E-state index >= 15 is 0 Å². The van der Waals surface area contributed by atoms with Gasteiger partial charge in [0, 0.05) is 4.88 Å². The molecular formula is C10H13NOS. The van der Waals surface area contributed by atoms with Crippen molar-refractivity contribution in [1.29, 1.82) is 5.26 Å². The molecule has 0 radical (unpaired) electrons. The first-order valence-electron chi connectivity index (χ1n) is 4.09. The van der Waals surface area contributed by atoms with Crippen LogP contribution >= 0.6 is 11.3 Å². The van der Waals surface area contributed by atoms with Crippen LogP contribution in [-0.2, 0) is 5.60 Å². The highest BCUT2D eigenvalue weighted by Gasteiger charge is 2.41. The predicted octanol–water partition coefficient (Wildman–Crippen LogP) is 2.51. The molecule has 0 saturated carbocycles. The molecule has 1 rings (SSSR count). The molecule has 1 aromatic rings. The van der Waals surface area contributed by atoms with Crippen molar-refractivity contribution in [3.8, 4) is 6.07 Å². The number of nitrogens with zero attached hydrogens (tertiary/aromatic N) is 1. The summed E-state index contributed by atoms with van der Waals surface area (Å²) in [7, 11) is 0. The molecule has 70 valence electrons. The van der Waals surface area contributed by atoms with E-state index in [2.05, 4.69) is 6.07 Å². The summed E-state index contributed by atoms with van der Waals surface area (Å²) < 4.78 is 0. The Labute approximate surface area is 82.4 Å². The second-order valence-electron chi connectivity index (χ2n) is 3.79. The largest absolute Gasteiger partial charge is 0.383 e. The summed E-state index contributed by atoms with van der Waals surface area (Å²) in [5.74, 6) is 0. The van der Waals surface area contributed by atoms with Crippen LogP contribution in [0.25, 0.3) is 0 Å². The number of hydrogen-bond acceptors (Lipinski definition) is 3. The molecule has 1 atom stereocenters. The van der Waals surface area contributed by atoms with Gasteiger partial charge in [0.1, 0.15) is 5.60 Å². The summed E-state index contributed by atoms with van der Waals surface area (Å²) in [6.07, 6.45) is 0. The van der Waals surface area contributed by atoms with Gasteiger partial charge in [0.2, 0.25) is 0 Å². The van der Waals surface area contributed by atoms with E-state index in [1.165, 1.54) is 11.3 Å². The molecule has 0 amide bonds. The highest BCUT2D eigenvalue weighted by molar-refractivity contribution is 7.10. The van der Waals surface area contributed by atoms with Crippen molar-refractivity contribution in [1.82, 2.24) is 0 Å². The maximum atomic E-state index is 10.2. The average Bonchev–Trinajstić information content (AvgIpc) is 2.56. The van der Waals surface area contributed by atoms with E-state index in [0.717, 1.165) is 4.88 Å². The van der Waals surface area contributed by atoms with Crippen LogP contribution in [-0.4, -0.2) is 5.11 Å². The molecule has 1 aromatic heterocycles. The van der Waals surface area contributed by atoms with Gasteiger partial charge in [0.15, 0.2) is 0 Å². The molecule has 1 unspecified atom stereocenters. The predicted molar refractivity (Wildman–Crippen MR) is 53.3 cm³/mol. The lowest BCUT2D eigenvalue weighted by Gasteiger charge is -2.33. The molecule has 0 aromatic carbocycles. The molecule has 0 saturated heterocycles. The Bertz CT molecular complexity index is 319. The molecule has 1 heterocycles. The zero-order valence-corrected chi connectivity index (χ0v) is 8.85. The Kier molecular flexibility index (Phi) is 2.47. The Hall–Kier alpha value is -0.850. The van der Waals surface area contributed by atoms with E-state index in [9.17, 15) is 5.11 Å². The van der Waals surface area contributed by atoms with E-state index in [1.807, 2.05) is 17.5 Å². The van der Waals surface area contributed by atoms with Crippen molar-refractivity contribution in [2.75, 3.05) is 0 Å². The fraction of sp³-hybridized carbons (Fsp3) is 0.500. The molecular weight excluding hydrogens is 182 g/mol. The molecule has 0 bridgehead atoms. The van der Waals surface area contributed by atoms with Gasteiger partial charge in [-0.15, -0.1) is 11.3 Å². The smallest absolute Gasteiger partial charge is 0.114 e. The van der Waals surface area contributed by atoms with Crippen LogP contribution in [0.5, 0.6) is 0 Å². The fourth-order valence-electron chi connectivity index (χ4n) is 0.972. The number of rotatable bonds is 2. The summed E-state index contributed by atoms with van der Waals surface area (Å²) in [5, 5.41) is 21.0. The lowest BCUT2D eigenvalue weighted by atomic mass is 9.76. The molecule has 0 spiro atoms. The molecule has 3 heteroatoms. The van der Waals surface area contributed by atoms with E-state index in [1.54, 1.807) is 20.8 Å². The van der Waals surface area contributed by atoms with Gasteiger partial charge in [-0.2, -0.15) is 5.26 Å². The molecule has 2 nitrogen and oxygen atoms in total. The monoisotopic (exact) mass is 195 g/mol. The molecule has 13 heavy (non-hydrogen) atoms. The number of aliphatic hydroxyl groups is 1. The van der Waals surface area contributed by atoms with Crippen molar-refractivity contribution in [2.24, 2.45) is 5.41 Å². The van der Waals surface area contributed by atoms with Crippen LogP contribution in [0.1, 0.15) is 25.6 Å². The third-order valence-electron chi connectivity index (χ3n) is 2.50. The first-order chi connectivity index (χ1) is 5.92. The second-order valence-corrected chi connectivity index (χ2v) is 4.73. The Morgan fingerprint density at radius 3 is 2.46 bits per heavy atom. The van der Waals surface area contributed by atoms with Gasteiger partial charge in [0.05, 0.1) is 11.5 Å². The quantitative estimate of drug-likeness (QED) is 0.788. The SMILES string of the molecule is CC(C)(C#N)C(C)(O)c1cccs1. The highest BCUT2D eigenvalue weighted by atomic mass is 32.1. The number of nitriles is 1. The zero-order chi connectivity index (χ0) is 10.1. The normalized spacial score (nSPS) is 16.2. The van der Waals surface area contributed by atoms with Gasteiger partial charge in [-0.3, -0.25) is 0 Å². The second kappa shape index (κ2) is 3.13. The first kappa shape index (κ1) is 10.2. The van der Waals surface area contributed by atoms with Gasteiger partial charge in [-0.05, 0) is 32.2 Å². The number of thiophene rings is 1. The standard InChI is InChI=1S/C10H13NOS/c1-9(2,7-11)10(3,12)8-5-4-6-13-8/h4-6,12H,1-3H3. The summed E-state index contributed by atoms with van der Waals surface area (Å²) in [6.45, 7) is 5.17. The van der Waals surface area contributed by atoms with Crippen molar-refractivity contribution < 1.29 is 5.11 Å². The minimum absolute atomic E-state index is 0.766. The summed E-state index contributed by atoms with van der Waals surface area (Å²) in [5.41, 5.74) is -1.84. The maximum absolute atomic E-state index is 10.2. The van der Waals surface area contributed by atoms with Crippen LogP contribution < -0.4 is 0 Å². The van der Waals surface area contributed by atoms with Gasteiger partial charge in [0.25, 0.3) is 0 Å². The fourth-order valence-corrected chi connectivity index (χ4v) is 1.92. The van der Waals surface area contributed by atoms with E-state index in [4.69, 9.17) is 5.26 Å². The van der Waals surface area contributed by atoms with Gasteiger partial charge < -0.3 is 5.11 Å². The molecule has 0 fully saturated rings. The van der Waals surface area contributed by atoms with E-state index in [0.29, 0.717) is 0 Å². The lowest BCUT2D eigenvalue weighted by Crippen LogP contribution is -2.37. The van der Waals surface area contributed by atoms with E-state index < -0.39 is 11.0 Å². The van der Waals surface area contributed by atoms with Crippen LogP contribution in [0, 0.1) is 16.7 Å². The van der Waals surface area contributed by atoms with E-state index in [-0.39, 0.29) is 0 Å². The third kappa shape index (κ3) is 1.60. The maximum Gasteiger partial charge on any atom is 0.114 e. The molecule has 0 aliphatic carbocycles. The zero-order valence-electron chi connectivity index (χ0n) is 8.03. The number of hydrogen-bond donors (Lipinski definition) is 1. The molecule has 0 aliphatic heterocycles. The van der Waals surface area contributed by atoms with Crippen LogP contribution in [0.4, 0.5) is 0 Å². The van der Waals surface area contributed by atoms with Gasteiger partial charge in [-0.25, -0.2) is 0 Å². The van der Waals surface area contributed by atoms with Crippen LogP contribution in [0.3, 0.4) is 0 Å². The Balaban J connectivity index is 3.11. The van der Waals surface area contributed by atoms with Gasteiger partial charge >= 0.3 is 0 Å². The average molecular weight is 195 g/mol. The Morgan fingerprint density at radius 2 is 2.08 bits per heavy atom. The summed E-state index contributed by atoms with van der Waals surface area (Å²) >= 11 is 1.47. The van der Waals surface area contributed by atoms with Crippen LogP contribution in [0.2, 0.25) is 0 Å². The molecule has 0 aliphatic rings. The van der Waals surface area contributed by atoms with Crippen molar-refractivity contribution in [3.05, 3.63) is 22.4 Å². The third-order valence-corrected chi connectivity index (χ3v) is 3.58. The van der Waals surface area contributed by atoms with Gasteiger partial charge in [-0.1, -0.05) is 6.07 Å². The highest BCUT2D eigenvalue weighted by Crippen LogP contribution is 2.40. The van der Waals surface area contributed by atoms with Crippen molar-refractivity contribution >= 4 is 11.3 Å². The topological polar surface area (TPSA) is 44.0 Å². The first-order valence-corrected chi connectivity index (χ1v) is 4.97. The lowest BCUT2D eigenvalue weighted by molar-refractivity contribution is -0.0233. The summed E-state index contributed by atoms with van der Waals surface area (Å²) in [4.78, 5) is 0.832. The van der Waals surface area contributed by atoms with Crippen molar-refractivity contribution in [2.45, 2.75) is 26.4 Å². The van der Waals surface area contributed by atoms with Crippen molar-refractivity contribution in [3.63, 3.8) is 0 Å². The Morgan fingerprint density at radius 1 is 1.46 bits per heavy atom.